The number of pyridine rings is 1. The van der Waals surface area contributed by atoms with Crippen LogP contribution in [0.4, 0.5) is 11.5 Å². The molecule has 1 aliphatic carbocycles. The van der Waals surface area contributed by atoms with Crippen molar-refractivity contribution in [3.8, 4) is 0 Å². The molecule has 0 spiro atoms. The van der Waals surface area contributed by atoms with Crippen molar-refractivity contribution < 1.29 is 9.53 Å². The van der Waals surface area contributed by atoms with E-state index in [1.165, 1.54) is 20.0 Å². The van der Waals surface area contributed by atoms with Gasteiger partial charge < -0.3 is 15.4 Å². The number of rotatable bonds is 4. The van der Waals surface area contributed by atoms with Gasteiger partial charge in [0.1, 0.15) is 0 Å². The molecule has 1 fully saturated rings. The molecule has 2 N–H and O–H groups in total. The van der Waals surface area contributed by atoms with Crippen molar-refractivity contribution in [1.82, 2.24) is 4.98 Å². The number of nitrogen functional groups attached to an aromatic ring is 1. The Kier molecular flexibility index (Phi) is 3.41. The highest BCUT2D eigenvalue weighted by molar-refractivity contribution is 5.88. The zero-order chi connectivity index (χ0) is 13.3. The van der Waals surface area contributed by atoms with Gasteiger partial charge in [0.25, 0.3) is 0 Å². The van der Waals surface area contributed by atoms with Crippen molar-refractivity contribution in [2.75, 3.05) is 24.8 Å². The average Bonchev–Trinajstić information content (AvgIpc) is 3.21. The Labute approximate surface area is 107 Å². The third-order valence-electron chi connectivity index (χ3n) is 3.55. The van der Waals surface area contributed by atoms with E-state index in [4.69, 9.17) is 5.73 Å². The van der Waals surface area contributed by atoms with Gasteiger partial charge in [0.2, 0.25) is 0 Å². The van der Waals surface area contributed by atoms with Gasteiger partial charge in [0.05, 0.1) is 12.8 Å². The summed E-state index contributed by atoms with van der Waals surface area (Å²) in [6, 6.07) is 3.66. The van der Waals surface area contributed by atoms with Gasteiger partial charge in [0.15, 0.2) is 11.5 Å². The van der Waals surface area contributed by atoms with Crippen LogP contribution in [0.3, 0.4) is 0 Å². The Morgan fingerprint density at radius 1 is 1.56 bits per heavy atom. The first-order chi connectivity index (χ1) is 8.54. The molecule has 0 saturated heterocycles. The molecule has 1 aromatic heterocycles. The number of carbonyl (C=O) groups excluding carboxylic acids is 1. The second kappa shape index (κ2) is 4.84. The summed E-state index contributed by atoms with van der Waals surface area (Å²) in [5.74, 6) is 0.916. The zero-order valence-electron chi connectivity index (χ0n) is 11.0. The van der Waals surface area contributed by atoms with Gasteiger partial charge in [-0.15, -0.1) is 0 Å². The topological polar surface area (TPSA) is 68.5 Å². The van der Waals surface area contributed by atoms with E-state index in [1.807, 2.05) is 11.9 Å². The minimum absolute atomic E-state index is 0.288. The van der Waals surface area contributed by atoms with E-state index in [0.29, 0.717) is 23.5 Å². The molecule has 0 aromatic carbocycles. The third kappa shape index (κ3) is 2.39. The molecule has 5 nitrogen and oxygen atoms in total. The summed E-state index contributed by atoms with van der Waals surface area (Å²) in [6.07, 6.45) is 2.50. The molecular weight excluding hydrogens is 230 g/mol. The van der Waals surface area contributed by atoms with E-state index >= 15 is 0 Å². The predicted octanol–water partition coefficient (Wildman–Crippen LogP) is 1.69. The van der Waals surface area contributed by atoms with E-state index in [9.17, 15) is 4.79 Å². The number of carbonyl (C=O) groups is 1. The SMILES string of the molecule is COC(=O)c1ccc(N)c(N(C)C(C)C2CC2)n1. The van der Waals surface area contributed by atoms with Crippen molar-refractivity contribution in [2.45, 2.75) is 25.8 Å². The van der Waals surface area contributed by atoms with Crippen molar-refractivity contribution in [2.24, 2.45) is 5.92 Å². The highest BCUT2D eigenvalue weighted by Crippen LogP contribution is 2.36. The fourth-order valence-corrected chi connectivity index (χ4v) is 2.05. The highest BCUT2D eigenvalue weighted by atomic mass is 16.5. The van der Waals surface area contributed by atoms with Crippen LogP contribution in [0.15, 0.2) is 12.1 Å². The number of hydrogen-bond acceptors (Lipinski definition) is 5. The van der Waals surface area contributed by atoms with Gasteiger partial charge in [-0.1, -0.05) is 0 Å². The van der Waals surface area contributed by atoms with E-state index < -0.39 is 5.97 Å². The van der Waals surface area contributed by atoms with Crippen LogP contribution in [-0.4, -0.2) is 31.2 Å². The second-order valence-corrected chi connectivity index (χ2v) is 4.79. The first-order valence-electron chi connectivity index (χ1n) is 6.12. The van der Waals surface area contributed by atoms with Crippen LogP contribution in [0.2, 0.25) is 0 Å². The summed E-state index contributed by atoms with van der Waals surface area (Å²) in [5, 5.41) is 0. The monoisotopic (exact) mass is 249 g/mol. The summed E-state index contributed by atoms with van der Waals surface area (Å²) in [4.78, 5) is 17.8. The first kappa shape index (κ1) is 12.7. The largest absolute Gasteiger partial charge is 0.464 e. The summed E-state index contributed by atoms with van der Waals surface area (Å²) in [7, 11) is 3.30. The highest BCUT2D eigenvalue weighted by Gasteiger charge is 2.31. The lowest BCUT2D eigenvalue weighted by atomic mass is 10.2. The summed E-state index contributed by atoms with van der Waals surface area (Å²) >= 11 is 0. The number of aromatic nitrogens is 1. The lowest BCUT2D eigenvalue weighted by molar-refractivity contribution is 0.0594. The van der Waals surface area contributed by atoms with Crippen LogP contribution >= 0.6 is 0 Å². The van der Waals surface area contributed by atoms with Crippen molar-refractivity contribution in [1.29, 1.82) is 0 Å². The van der Waals surface area contributed by atoms with E-state index in [2.05, 4.69) is 16.6 Å². The molecule has 0 amide bonds. The normalized spacial score (nSPS) is 16.2. The quantitative estimate of drug-likeness (QED) is 0.822. The molecular formula is C13H19N3O2. The van der Waals surface area contributed by atoms with Crippen LogP contribution in [0.1, 0.15) is 30.3 Å². The molecule has 5 heteroatoms. The maximum atomic E-state index is 11.5. The maximum Gasteiger partial charge on any atom is 0.356 e. The molecule has 18 heavy (non-hydrogen) atoms. The summed E-state index contributed by atoms with van der Waals surface area (Å²) in [6.45, 7) is 2.16. The van der Waals surface area contributed by atoms with Gasteiger partial charge in [-0.3, -0.25) is 0 Å². The summed E-state index contributed by atoms with van der Waals surface area (Å²) in [5.41, 5.74) is 6.80. The molecule has 0 radical (unpaired) electrons. The molecule has 1 unspecified atom stereocenters. The van der Waals surface area contributed by atoms with Gasteiger partial charge in [-0.05, 0) is 37.8 Å². The number of ether oxygens (including phenoxy) is 1. The Bertz CT molecular complexity index is 458. The number of hydrogen-bond donors (Lipinski definition) is 1. The molecule has 98 valence electrons. The average molecular weight is 249 g/mol. The van der Waals surface area contributed by atoms with Crippen LogP contribution in [-0.2, 0) is 4.74 Å². The zero-order valence-corrected chi connectivity index (χ0v) is 11.0. The van der Waals surface area contributed by atoms with Gasteiger partial charge in [-0.25, -0.2) is 9.78 Å². The van der Waals surface area contributed by atoms with Gasteiger partial charge in [-0.2, -0.15) is 0 Å². The predicted molar refractivity (Wildman–Crippen MR) is 70.6 cm³/mol. The lowest BCUT2D eigenvalue weighted by Gasteiger charge is -2.27. The van der Waals surface area contributed by atoms with Crippen LogP contribution in [0, 0.1) is 5.92 Å². The maximum absolute atomic E-state index is 11.5. The minimum Gasteiger partial charge on any atom is -0.464 e. The lowest BCUT2D eigenvalue weighted by Crippen LogP contribution is -2.32. The van der Waals surface area contributed by atoms with E-state index in [-0.39, 0.29) is 5.69 Å². The Balaban J connectivity index is 2.27. The van der Waals surface area contributed by atoms with E-state index in [1.54, 1.807) is 12.1 Å². The molecule has 1 saturated carbocycles. The van der Waals surface area contributed by atoms with Crippen molar-refractivity contribution >= 4 is 17.5 Å². The molecule has 1 atom stereocenters. The van der Waals surface area contributed by atoms with Crippen LogP contribution in [0.5, 0.6) is 0 Å². The van der Waals surface area contributed by atoms with Crippen molar-refractivity contribution in [3.05, 3.63) is 17.8 Å². The standard InChI is InChI=1S/C13H19N3O2/c1-8(9-4-5-9)16(2)12-10(14)6-7-11(15-12)13(17)18-3/h6-9H,4-5,14H2,1-3H3. The Hall–Kier alpha value is -1.78. The minimum atomic E-state index is -0.441. The van der Waals surface area contributed by atoms with Gasteiger partial charge >= 0.3 is 5.97 Å². The molecule has 0 bridgehead atoms. The van der Waals surface area contributed by atoms with Gasteiger partial charge in [0, 0.05) is 13.1 Å². The molecule has 0 aliphatic heterocycles. The van der Waals surface area contributed by atoms with Crippen LogP contribution < -0.4 is 10.6 Å². The Morgan fingerprint density at radius 2 is 2.22 bits per heavy atom. The fourth-order valence-electron chi connectivity index (χ4n) is 2.05. The molecule has 1 heterocycles. The number of anilines is 2. The molecule has 1 aliphatic rings. The third-order valence-corrected chi connectivity index (χ3v) is 3.55. The van der Waals surface area contributed by atoms with E-state index in [0.717, 1.165) is 0 Å². The van der Waals surface area contributed by atoms with Crippen molar-refractivity contribution in [3.63, 3.8) is 0 Å². The number of methoxy groups -OCH3 is 1. The second-order valence-electron chi connectivity index (χ2n) is 4.79. The van der Waals surface area contributed by atoms with Crippen LogP contribution in [0.25, 0.3) is 0 Å². The first-order valence-corrected chi connectivity index (χ1v) is 6.12. The summed E-state index contributed by atoms with van der Waals surface area (Å²) < 4.78 is 4.67. The Morgan fingerprint density at radius 3 is 2.78 bits per heavy atom. The smallest absolute Gasteiger partial charge is 0.356 e. The number of esters is 1. The number of nitrogens with zero attached hydrogens (tertiary/aromatic N) is 2. The fraction of sp³-hybridized carbons (Fsp3) is 0.538. The number of nitrogens with two attached hydrogens (primary N) is 1. The molecule has 2 rings (SSSR count). The molecule has 1 aromatic rings.